The van der Waals surface area contributed by atoms with E-state index in [0.717, 1.165) is 11.4 Å². The number of H-pyrrole nitrogens is 1. The Bertz CT molecular complexity index is 1680. The van der Waals surface area contributed by atoms with Crippen LogP contribution in [0.5, 0.6) is 17.4 Å². The van der Waals surface area contributed by atoms with Crippen molar-refractivity contribution in [3.8, 4) is 28.8 Å². The highest BCUT2D eigenvalue weighted by molar-refractivity contribution is 6.22. The van der Waals surface area contributed by atoms with E-state index in [9.17, 15) is 15.2 Å². The summed E-state index contributed by atoms with van der Waals surface area (Å²) in [6.45, 7) is 0.900. The maximum Gasteiger partial charge on any atom is 0.271 e. The fourth-order valence-electron chi connectivity index (χ4n) is 4.44. The van der Waals surface area contributed by atoms with Gasteiger partial charge < -0.3 is 24.1 Å². The molecule has 0 atom stereocenters. The number of hydrogen-bond donors (Lipinski definition) is 2. The third kappa shape index (κ3) is 4.04. The number of aryl methyl sites for hydroxylation is 1. The molecule has 0 aliphatic carbocycles. The topological polar surface area (TPSA) is 128 Å². The molecule has 2 aromatic heterocycles. The molecule has 1 aliphatic rings. The predicted molar refractivity (Wildman–Crippen MR) is 138 cm³/mol. The van der Waals surface area contributed by atoms with Gasteiger partial charge in [0.25, 0.3) is 5.69 Å². The average Bonchev–Trinajstić information content (AvgIpc) is 3.48. The molecule has 3 heterocycles. The van der Waals surface area contributed by atoms with Crippen LogP contribution in [0.1, 0.15) is 11.1 Å². The molecule has 0 unspecified atom stereocenters. The zero-order valence-electron chi connectivity index (χ0n) is 19.7. The lowest BCUT2D eigenvalue weighted by atomic mass is 10.00. The molecule has 37 heavy (non-hydrogen) atoms. The number of non-ortho nitro benzene ring substituents is 1. The number of imidazole rings is 1. The lowest BCUT2D eigenvalue weighted by molar-refractivity contribution is -0.384. The van der Waals surface area contributed by atoms with Gasteiger partial charge in [-0.15, -0.1) is 0 Å². The molecule has 10 nitrogen and oxygen atoms in total. The third-order valence-corrected chi connectivity index (χ3v) is 6.21. The van der Waals surface area contributed by atoms with Crippen LogP contribution in [0, 0.1) is 10.1 Å². The SMILES string of the molecule is Cn1ccnc1-c1ccc(N=C(c2ccc3c(c2)OCCO3)c2c(O)[nH]c3cc([N+](=O)[O-])ccc23)cc1. The number of fused-ring (bicyclic) bond motifs is 2. The van der Waals surface area contributed by atoms with Gasteiger partial charge in [-0.1, -0.05) is 0 Å². The predicted octanol–water partition coefficient (Wildman–Crippen LogP) is 5.12. The van der Waals surface area contributed by atoms with Crippen molar-refractivity contribution < 1.29 is 19.5 Å². The van der Waals surface area contributed by atoms with Crippen LogP contribution < -0.4 is 9.47 Å². The number of aliphatic imine (C=N–C) groups is 1. The van der Waals surface area contributed by atoms with E-state index in [1.165, 1.54) is 12.1 Å². The fraction of sp³-hybridized carbons (Fsp3) is 0.111. The van der Waals surface area contributed by atoms with Gasteiger partial charge in [-0.25, -0.2) is 9.98 Å². The zero-order chi connectivity index (χ0) is 25.5. The molecular formula is C27H21N5O5. The molecule has 184 valence electrons. The highest BCUT2D eigenvalue weighted by Gasteiger charge is 2.22. The molecular weight excluding hydrogens is 474 g/mol. The van der Waals surface area contributed by atoms with Crippen LogP contribution in [0.15, 0.2) is 78.0 Å². The van der Waals surface area contributed by atoms with Gasteiger partial charge in [-0.3, -0.25) is 10.1 Å². The second-order valence-corrected chi connectivity index (χ2v) is 8.56. The van der Waals surface area contributed by atoms with Crippen molar-refractivity contribution in [3.05, 3.63) is 94.3 Å². The Balaban J connectivity index is 1.51. The molecule has 5 aromatic rings. The fourth-order valence-corrected chi connectivity index (χ4v) is 4.44. The second-order valence-electron chi connectivity index (χ2n) is 8.56. The molecule has 0 fully saturated rings. The summed E-state index contributed by atoms with van der Waals surface area (Å²) in [7, 11) is 1.93. The van der Waals surface area contributed by atoms with E-state index < -0.39 is 4.92 Å². The maximum absolute atomic E-state index is 11.3. The number of rotatable bonds is 5. The van der Waals surface area contributed by atoms with Crippen LogP contribution in [0.3, 0.4) is 0 Å². The monoisotopic (exact) mass is 495 g/mol. The van der Waals surface area contributed by atoms with Crippen LogP contribution >= 0.6 is 0 Å². The number of aromatic amines is 1. The van der Waals surface area contributed by atoms with Gasteiger partial charge in [0.2, 0.25) is 0 Å². The number of aromatic nitrogens is 3. The number of nitrogens with one attached hydrogen (secondary N) is 1. The lowest BCUT2D eigenvalue weighted by Gasteiger charge is -2.19. The minimum absolute atomic E-state index is 0.0806. The smallest absolute Gasteiger partial charge is 0.271 e. The van der Waals surface area contributed by atoms with Gasteiger partial charge in [-0.2, -0.15) is 0 Å². The van der Waals surface area contributed by atoms with Crippen LogP contribution in [-0.2, 0) is 7.05 Å². The van der Waals surface area contributed by atoms with Crippen molar-refractivity contribution in [2.75, 3.05) is 13.2 Å². The van der Waals surface area contributed by atoms with Gasteiger partial charge in [0.15, 0.2) is 17.4 Å². The normalized spacial score (nSPS) is 13.2. The number of ether oxygens (including phenoxy) is 2. The first-order chi connectivity index (χ1) is 18.0. The van der Waals surface area contributed by atoms with Crippen LogP contribution in [0.25, 0.3) is 22.3 Å². The highest BCUT2D eigenvalue weighted by Crippen LogP contribution is 2.37. The van der Waals surface area contributed by atoms with E-state index in [4.69, 9.17) is 14.5 Å². The Morgan fingerprint density at radius 3 is 2.59 bits per heavy atom. The number of aromatic hydroxyl groups is 1. The van der Waals surface area contributed by atoms with Gasteiger partial charge >= 0.3 is 0 Å². The van der Waals surface area contributed by atoms with E-state index >= 15 is 0 Å². The molecule has 3 aromatic carbocycles. The van der Waals surface area contributed by atoms with Crippen molar-refractivity contribution in [2.45, 2.75) is 0 Å². The quantitative estimate of drug-likeness (QED) is 0.198. The minimum atomic E-state index is -0.476. The summed E-state index contributed by atoms with van der Waals surface area (Å²) in [4.78, 5) is 23.0. The van der Waals surface area contributed by atoms with E-state index in [1.807, 2.05) is 54.2 Å². The number of nitro benzene ring substituents is 1. The van der Waals surface area contributed by atoms with Gasteiger partial charge in [-0.05, 0) is 48.5 Å². The largest absolute Gasteiger partial charge is 0.494 e. The first-order valence-electron chi connectivity index (χ1n) is 11.5. The molecule has 2 N–H and O–H groups in total. The van der Waals surface area contributed by atoms with Crippen molar-refractivity contribution in [1.29, 1.82) is 0 Å². The maximum atomic E-state index is 11.3. The molecule has 0 amide bonds. The Hall–Kier alpha value is -5.12. The standard InChI is InChI=1S/C27H21N5O5/c1-31-11-10-28-26(31)16-2-5-18(6-3-16)29-25(17-4-9-22-23(14-17)37-13-12-36-22)24-20-8-7-19(32(34)35)15-21(20)30-27(24)33/h2-11,14-15,30,33H,12-13H2,1H3. The summed E-state index contributed by atoms with van der Waals surface area (Å²) in [5, 5.41) is 22.8. The summed E-state index contributed by atoms with van der Waals surface area (Å²) >= 11 is 0. The van der Waals surface area contributed by atoms with Crippen molar-refractivity contribution in [2.24, 2.45) is 12.0 Å². The molecule has 1 aliphatic heterocycles. The first kappa shape index (κ1) is 22.4. The summed E-state index contributed by atoms with van der Waals surface area (Å²) < 4.78 is 13.4. The molecule has 6 rings (SSSR count). The van der Waals surface area contributed by atoms with Crippen LogP contribution in [0.2, 0.25) is 0 Å². The Kier molecular flexibility index (Phi) is 5.33. The van der Waals surface area contributed by atoms with E-state index in [2.05, 4.69) is 9.97 Å². The molecule has 0 saturated carbocycles. The summed E-state index contributed by atoms with van der Waals surface area (Å²) in [5.41, 5.74) is 3.52. The summed E-state index contributed by atoms with van der Waals surface area (Å²) in [6, 6.07) is 17.5. The molecule has 10 heteroatoms. The van der Waals surface area contributed by atoms with Crippen LogP contribution in [-0.4, -0.2) is 43.5 Å². The van der Waals surface area contributed by atoms with E-state index in [0.29, 0.717) is 58.1 Å². The van der Waals surface area contributed by atoms with Crippen LogP contribution in [0.4, 0.5) is 11.4 Å². The van der Waals surface area contributed by atoms with Crippen molar-refractivity contribution >= 4 is 28.0 Å². The molecule has 0 bridgehead atoms. The number of benzene rings is 3. The van der Waals surface area contributed by atoms with E-state index in [1.54, 1.807) is 18.3 Å². The summed E-state index contributed by atoms with van der Waals surface area (Å²) in [5.74, 6) is 1.90. The molecule has 0 radical (unpaired) electrons. The first-order valence-corrected chi connectivity index (χ1v) is 11.5. The van der Waals surface area contributed by atoms with Gasteiger partial charge in [0.1, 0.15) is 19.0 Å². The van der Waals surface area contributed by atoms with Crippen molar-refractivity contribution in [3.63, 3.8) is 0 Å². The number of hydrogen-bond acceptors (Lipinski definition) is 7. The average molecular weight is 495 g/mol. The Labute approximate surface area is 210 Å². The number of nitrogens with zero attached hydrogens (tertiary/aromatic N) is 4. The van der Waals surface area contributed by atoms with Crippen molar-refractivity contribution in [1.82, 2.24) is 14.5 Å². The lowest BCUT2D eigenvalue weighted by Crippen LogP contribution is -2.16. The second kappa shape index (κ2) is 8.83. The van der Waals surface area contributed by atoms with E-state index in [-0.39, 0.29) is 11.6 Å². The summed E-state index contributed by atoms with van der Waals surface area (Å²) in [6.07, 6.45) is 3.62. The Morgan fingerprint density at radius 2 is 1.86 bits per heavy atom. The highest BCUT2D eigenvalue weighted by atomic mass is 16.6. The third-order valence-electron chi connectivity index (χ3n) is 6.21. The molecule has 0 saturated heterocycles. The minimum Gasteiger partial charge on any atom is -0.494 e. The van der Waals surface area contributed by atoms with Gasteiger partial charge in [0.05, 0.1) is 27.4 Å². The number of nitro groups is 1. The van der Waals surface area contributed by atoms with Gasteiger partial charge in [0, 0.05) is 48.1 Å². The zero-order valence-corrected chi connectivity index (χ0v) is 19.7. The Morgan fingerprint density at radius 1 is 1.08 bits per heavy atom. The molecule has 0 spiro atoms.